The maximum absolute atomic E-state index is 12.1. The average Bonchev–Trinajstić information content (AvgIpc) is 3.07. The lowest BCUT2D eigenvalue weighted by Crippen LogP contribution is -2.32. The molecular formula is C19H20N4O3. The summed E-state index contributed by atoms with van der Waals surface area (Å²) in [4.78, 5) is 16.2. The molecule has 0 unspecified atom stereocenters. The van der Waals surface area contributed by atoms with E-state index in [2.05, 4.69) is 20.8 Å². The number of aliphatic hydroxyl groups excluding tert-OH is 1. The lowest BCUT2D eigenvalue weighted by atomic mass is 10.1. The Morgan fingerprint density at radius 1 is 1.19 bits per heavy atom. The number of aryl methyl sites for hydroxylation is 2. The van der Waals surface area contributed by atoms with Crippen LogP contribution in [0.4, 0.5) is 10.5 Å². The Kier molecular flexibility index (Phi) is 5.28. The van der Waals surface area contributed by atoms with Crippen LogP contribution in [0.25, 0.3) is 11.4 Å². The van der Waals surface area contributed by atoms with E-state index in [4.69, 9.17) is 4.52 Å². The van der Waals surface area contributed by atoms with E-state index in [9.17, 15) is 9.90 Å². The smallest absolute Gasteiger partial charge is 0.319 e. The van der Waals surface area contributed by atoms with E-state index < -0.39 is 12.1 Å². The van der Waals surface area contributed by atoms with Gasteiger partial charge in [-0.25, -0.2) is 4.79 Å². The average molecular weight is 352 g/mol. The quantitative estimate of drug-likeness (QED) is 0.655. The number of aliphatic hydroxyl groups is 1. The third-order valence-corrected chi connectivity index (χ3v) is 3.82. The summed E-state index contributed by atoms with van der Waals surface area (Å²) in [7, 11) is 0. The standard InChI is InChI=1S/C19H20N4O3/c1-12-6-8-14(9-7-12)17(24)11-20-19(25)22-16-5-3-4-15(10-16)18-21-13(2)26-23-18/h3-10,17,24H,11H2,1-2H3,(H2,20,22,25)/t17-/m0/s1. The molecule has 0 aliphatic rings. The van der Waals surface area contributed by atoms with Crippen LogP contribution in [0.3, 0.4) is 0 Å². The van der Waals surface area contributed by atoms with Gasteiger partial charge in [-0.2, -0.15) is 4.98 Å². The number of urea groups is 1. The molecule has 0 saturated carbocycles. The second-order valence-electron chi connectivity index (χ2n) is 5.98. The van der Waals surface area contributed by atoms with E-state index in [0.29, 0.717) is 17.4 Å². The van der Waals surface area contributed by atoms with Crippen LogP contribution in [0.5, 0.6) is 0 Å². The molecule has 134 valence electrons. The minimum Gasteiger partial charge on any atom is -0.387 e. The van der Waals surface area contributed by atoms with E-state index in [-0.39, 0.29) is 6.54 Å². The minimum absolute atomic E-state index is 0.110. The fourth-order valence-electron chi connectivity index (χ4n) is 2.42. The van der Waals surface area contributed by atoms with E-state index in [1.54, 1.807) is 25.1 Å². The van der Waals surface area contributed by atoms with Crippen molar-refractivity contribution in [3.63, 3.8) is 0 Å². The summed E-state index contributed by atoms with van der Waals surface area (Å²) in [5, 5.41) is 19.4. The summed E-state index contributed by atoms with van der Waals surface area (Å²) in [5.74, 6) is 0.933. The molecule has 0 spiro atoms. The van der Waals surface area contributed by atoms with Crippen LogP contribution >= 0.6 is 0 Å². The fraction of sp³-hybridized carbons (Fsp3) is 0.211. The lowest BCUT2D eigenvalue weighted by Gasteiger charge is -2.13. The predicted molar refractivity (Wildman–Crippen MR) is 97.6 cm³/mol. The molecule has 3 N–H and O–H groups in total. The summed E-state index contributed by atoms with van der Waals surface area (Å²) in [5.41, 5.74) is 3.19. The van der Waals surface area contributed by atoms with Crippen LogP contribution in [0.15, 0.2) is 53.1 Å². The molecule has 1 aromatic heterocycles. The number of amides is 2. The van der Waals surface area contributed by atoms with Gasteiger partial charge in [0.25, 0.3) is 0 Å². The van der Waals surface area contributed by atoms with Crippen molar-refractivity contribution >= 4 is 11.7 Å². The van der Waals surface area contributed by atoms with Gasteiger partial charge in [0.1, 0.15) is 0 Å². The van der Waals surface area contributed by atoms with Crippen LogP contribution in [0.1, 0.15) is 23.1 Å². The highest BCUT2D eigenvalue weighted by Gasteiger charge is 2.11. The summed E-state index contributed by atoms with van der Waals surface area (Å²) in [6.45, 7) is 3.80. The minimum atomic E-state index is -0.769. The first-order valence-electron chi connectivity index (χ1n) is 8.21. The van der Waals surface area contributed by atoms with Crippen molar-refractivity contribution in [1.82, 2.24) is 15.5 Å². The van der Waals surface area contributed by atoms with Gasteiger partial charge < -0.3 is 20.3 Å². The highest BCUT2D eigenvalue weighted by Crippen LogP contribution is 2.20. The number of benzene rings is 2. The van der Waals surface area contributed by atoms with Crippen molar-refractivity contribution in [1.29, 1.82) is 0 Å². The Balaban J connectivity index is 1.57. The maximum atomic E-state index is 12.1. The van der Waals surface area contributed by atoms with Crippen molar-refractivity contribution < 1.29 is 14.4 Å². The van der Waals surface area contributed by atoms with Gasteiger partial charge in [-0.3, -0.25) is 0 Å². The van der Waals surface area contributed by atoms with Crippen LogP contribution in [-0.2, 0) is 0 Å². The van der Waals surface area contributed by atoms with Crippen LogP contribution in [0.2, 0.25) is 0 Å². The molecule has 0 aliphatic carbocycles. The first-order chi connectivity index (χ1) is 12.5. The molecule has 0 radical (unpaired) electrons. The monoisotopic (exact) mass is 352 g/mol. The van der Waals surface area contributed by atoms with Gasteiger partial charge in [-0.15, -0.1) is 0 Å². The van der Waals surface area contributed by atoms with E-state index in [0.717, 1.165) is 16.7 Å². The van der Waals surface area contributed by atoms with Crippen LogP contribution in [0, 0.1) is 13.8 Å². The van der Waals surface area contributed by atoms with Crippen molar-refractivity contribution in [2.75, 3.05) is 11.9 Å². The van der Waals surface area contributed by atoms with Crippen LogP contribution in [-0.4, -0.2) is 27.8 Å². The Hall–Kier alpha value is -3.19. The van der Waals surface area contributed by atoms with Crippen LogP contribution < -0.4 is 10.6 Å². The zero-order chi connectivity index (χ0) is 18.5. The molecule has 2 aromatic carbocycles. The van der Waals surface area contributed by atoms with Gasteiger partial charge in [0.05, 0.1) is 6.10 Å². The molecule has 3 rings (SSSR count). The van der Waals surface area contributed by atoms with Gasteiger partial charge in [-0.05, 0) is 24.6 Å². The Morgan fingerprint density at radius 3 is 2.65 bits per heavy atom. The number of carbonyl (C=O) groups is 1. The molecular weight excluding hydrogens is 332 g/mol. The molecule has 7 nitrogen and oxygen atoms in total. The third kappa shape index (κ3) is 4.46. The second-order valence-corrected chi connectivity index (χ2v) is 5.98. The predicted octanol–water partition coefficient (Wildman–Crippen LogP) is 3.21. The van der Waals surface area contributed by atoms with Gasteiger partial charge in [0.2, 0.25) is 11.7 Å². The van der Waals surface area contributed by atoms with E-state index >= 15 is 0 Å². The molecule has 1 atom stereocenters. The SMILES string of the molecule is Cc1ccc([C@@H](O)CNC(=O)Nc2cccc(-c3noc(C)n3)c2)cc1. The summed E-state index contributed by atoms with van der Waals surface area (Å²) in [6.07, 6.45) is -0.769. The molecule has 3 aromatic rings. The van der Waals surface area contributed by atoms with Gasteiger partial charge in [0.15, 0.2) is 0 Å². The van der Waals surface area contributed by atoms with Crippen molar-refractivity contribution in [3.8, 4) is 11.4 Å². The molecule has 0 saturated heterocycles. The molecule has 7 heteroatoms. The number of anilines is 1. The summed E-state index contributed by atoms with van der Waals surface area (Å²) in [6, 6.07) is 14.2. The molecule has 26 heavy (non-hydrogen) atoms. The molecule has 2 amide bonds. The first kappa shape index (κ1) is 17.6. The zero-order valence-corrected chi connectivity index (χ0v) is 14.6. The number of nitrogens with one attached hydrogen (secondary N) is 2. The normalized spacial score (nSPS) is 11.8. The Labute approximate surface area is 151 Å². The highest BCUT2D eigenvalue weighted by molar-refractivity contribution is 5.89. The zero-order valence-electron chi connectivity index (χ0n) is 14.6. The second kappa shape index (κ2) is 7.79. The number of hydrogen-bond acceptors (Lipinski definition) is 5. The summed E-state index contributed by atoms with van der Waals surface area (Å²) < 4.78 is 4.97. The van der Waals surface area contributed by atoms with Crippen molar-refractivity contribution in [3.05, 3.63) is 65.5 Å². The Bertz CT molecular complexity index is 890. The van der Waals surface area contributed by atoms with Crippen molar-refractivity contribution in [2.45, 2.75) is 20.0 Å². The number of rotatable bonds is 5. The maximum Gasteiger partial charge on any atom is 0.319 e. The largest absolute Gasteiger partial charge is 0.387 e. The number of hydrogen-bond donors (Lipinski definition) is 3. The molecule has 0 aliphatic heterocycles. The number of carbonyl (C=O) groups excluding carboxylic acids is 1. The molecule has 0 bridgehead atoms. The van der Waals surface area contributed by atoms with Gasteiger partial charge in [-0.1, -0.05) is 47.1 Å². The first-order valence-corrected chi connectivity index (χ1v) is 8.21. The van der Waals surface area contributed by atoms with E-state index in [1.165, 1.54) is 0 Å². The number of aromatic nitrogens is 2. The molecule has 0 fully saturated rings. The molecule has 1 heterocycles. The lowest BCUT2D eigenvalue weighted by molar-refractivity contribution is 0.175. The van der Waals surface area contributed by atoms with Gasteiger partial charge >= 0.3 is 6.03 Å². The van der Waals surface area contributed by atoms with Crippen molar-refractivity contribution in [2.24, 2.45) is 0 Å². The summed E-state index contributed by atoms with van der Waals surface area (Å²) >= 11 is 0. The van der Waals surface area contributed by atoms with E-state index in [1.807, 2.05) is 37.3 Å². The number of nitrogens with zero attached hydrogens (tertiary/aromatic N) is 2. The topological polar surface area (TPSA) is 100 Å². The van der Waals surface area contributed by atoms with Gasteiger partial charge in [0, 0.05) is 24.7 Å². The third-order valence-electron chi connectivity index (χ3n) is 3.82. The Morgan fingerprint density at radius 2 is 1.96 bits per heavy atom. The highest BCUT2D eigenvalue weighted by atomic mass is 16.5. The fourth-order valence-corrected chi connectivity index (χ4v) is 2.42.